The number of halogens is 1. The van der Waals surface area contributed by atoms with Crippen LogP contribution in [0.4, 0.5) is 4.39 Å². The van der Waals surface area contributed by atoms with Crippen molar-refractivity contribution in [3.63, 3.8) is 0 Å². The molecule has 1 atom stereocenters. The second-order valence-corrected chi connectivity index (χ2v) is 6.68. The average molecular weight is 263 g/mol. The quantitative estimate of drug-likeness (QED) is 0.777. The van der Waals surface area contributed by atoms with Crippen LogP contribution in [0.5, 0.6) is 0 Å². The Hall–Kier alpha value is -0.890. The molecule has 0 aliphatic heterocycles. The molecule has 2 heteroatoms. The van der Waals surface area contributed by atoms with Crippen LogP contribution in [0.25, 0.3) is 0 Å². The topological polar surface area (TPSA) is 12.0 Å². The molecule has 1 unspecified atom stereocenters. The molecule has 0 aromatic heterocycles. The molecule has 1 N–H and O–H groups in total. The van der Waals surface area contributed by atoms with E-state index in [1.54, 1.807) is 0 Å². The monoisotopic (exact) mass is 263 g/mol. The van der Waals surface area contributed by atoms with Gasteiger partial charge in [0.25, 0.3) is 0 Å². The molecule has 1 aliphatic rings. The van der Waals surface area contributed by atoms with Crippen molar-refractivity contribution in [1.29, 1.82) is 0 Å². The zero-order valence-electron chi connectivity index (χ0n) is 12.9. The summed E-state index contributed by atoms with van der Waals surface area (Å²) in [6.07, 6.45) is 3.32. The Labute approximate surface area is 116 Å². The van der Waals surface area contributed by atoms with Gasteiger partial charge in [-0.2, -0.15) is 0 Å². The smallest absolute Gasteiger partial charge is 0.129 e. The zero-order chi connectivity index (χ0) is 14.2. The van der Waals surface area contributed by atoms with Crippen molar-refractivity contribution in [3.8, 4) is 0 Å². The first-order valence-electron chi connectivity index (χ1n) is 7.37. The van der Waals surface area contributed by atoms with Crippen LogP contribution in [0.15, 0.2) is 6.07 Å². The lowest BCUT2D eigenvalue weighted by Gasteiger charge is -2.28. The predicted molar refractivity (Wildman–Crippen MR) is 79.0 cm³/mol. The highest BCUT2D eigenvalue weighted by atomic mass is 19.1. The van der Waals surface area contributed by atoms with Gasteiger partial charge in [-0.3, -0.25) is 0 Å². The molecule has 0 amide bonds. The Kier molecular flexibility index (Phi) is 4.00. The van der Waals surface area contributed by atoms with E-state index in [1.807, 2.05) is 13.8 Å². The number of hydrogen-bond donors (Lipinski definition) is 1. The van der Waals surface area contributed by atoms with E-state index in [0.29, 0.717) is 5.41 Å². The number of fused-ring (bicyclic) bond motifs is 1. The lowest BCUT2D eigenvalue weighted by Crippen LogP contribution is -2.26. The molecular formula is C17H26FN. The molecule has 2 rings (SSSR count). The molecule has 1 aromatic carbocycles. The van der Waals surface area contributed by atoms with Gasteiger partial charge in [-0.1, -0.05) is 26.8 Å². The van der Waals surface area contributed by atoms with Crippen molar-refractivity contribution >= 4 is 0 Å². The third-order valence-corrected chi connectivity index (χ3v) is 4.44. The van der Waals surface area contributed by atoms with E-state index < -0.39 is 0 Å². The molecule has 0 bridgehead atoms. The first-order chi connectivity index (χ1) is 8.85. The minimum atomic E-state index is -0.0265. The van der Waals surface area contributed by atoms with Crippen molar-refractivity contribution in [2.75, 3.05) is 6.54 Å². The average Bonchev–Trinajstić information content (AvgIpc) is 2.44. The first kappa shape index (κ1) is 14.5. The van der Waals surface area contributed by atoms with Crippen LogP contribution in [0.3, 0.4) is 0 Å². The number of rotatable bonds is 2. The molecule has 106 valence electrons. The minimum absolute atomic E-state index is 0.0265. The van der Waals surface area contributed by atoms with E-state index in [-0.39, 0.29) is 11.9 Å². The Morgan fingerprint density at radius 3 is 2.68 bits per heavy atom. The van der Waals surface area contributed by atoms with Crippen LogP contribution in [-0.4, -0.2) is 6.54 Å². The van der Waals surface area contributed by atoms with Crippen LogP contribution in [0, 0.1) is 25.1 Å². The first-order valence-corrected chi connectivity index (χ1v) is 7.37. The van der Waals surface area contributed by atoms with Gasteiger partial charge in [-0.25, -0.2) is 4.39 Å². The summed E-state index contributed by atoms with van der Waals surface area (Å²) in [4.78, 5) is 0. The van der Waals surface area contributed by atoms with Crippen molar-refractivity contribution in [3.05, 3.63) is 34.1 Å². The highest BCUT2D eigenvalue weighted by molar-refractivity contribution is 5.42. The number of hydrogen-bond acceptors (Lipinski definition) is 1. The molecule has 0 spiro atoms. The second-order valence-electron chi connectivity index (χ2n) is 6.68. The normalized spacial score (nSPS) is 21.9. The number of benzene rings is 1. The molecule has 0 heterocycles. The molecule has 0 radical (unpaired) electrons. The molecule has 19 heavy (non-hydrogen) atoms. The van der Waals surface area contributed by atoms with Gasteiger partial charge in [0.15, 0.2) is 0 Å². The molecule has 0 fully saturated rings. The maximum Gasteiger partial charge on any atom is 0.129 e. The van der Waals surface area contributed by atoms with Gasteiger partial charge in [-0.15, -0.1) is 0 Å². The van der Waals surface area contributed by atoms with E-state index in [2.05, 4.69) is 32.2 Å². The fourth-order valence-corrected chi connectivity index (χ4v) is 3.40. The Balaban J connectivity index is 2.55. The summed E-state index contributed by atoms with van der Waals surface area (Å²) < 4.78 is 14.2. The van der Waals surface area contributed by atoms with E-state index in [1.165, 1.54) is 17.5 Å². The molecular weight excluding hydrogens is 237 g/mol. The van der Waals surface area contributed by atoms with E-state index in [9.17, 15) is 4.39 Å². The van der Waals surface area contributed by atoms with Gasteiger partial charge < -0.3 is 5.32 Å². The lowest BCUT2D eigenvalue weighted by atomic mass is 9.82. The SMILES string of the molecule is CCNC1CC(C)(C)CCc2cc(C)c(F)c(C)c21. The number of aryl methyl sites for hydroxylation is 2. The highest BCUT2D eigenvalue weighted by Crippen LogP contribution is 2.41. The summed E-state index contributed by atoms with van der Waals surface area (Å²) in [7, 11) is 0. The van der Waals surface area contributed by atoms with Crippen LogP contribution in [0.2, 0.25) is 0 Å². The summed E-state index contributed by atoms with van der Waals surface area (Å²) in [5.41, 5.74) is 4.50. The maximum atomic E-state index is 14.2. The molecule has 0 saturated heterocycles. The van der Waals surface area contributed by atoms with Crippen LogP contribution in [0.1, 0.15) is 61.9 Å². The summed E-state index contributed by atoms with van der Waals surface area (Å²) in [5.74, 6) is -0.0265. The number of nitrogens with one attached hydrogen (secondary N) is 1. The molecule has 1 aromatic rings. The van der Waals surface area contributed by atoms with E-state index in [0.717, 1.165) is 30.5 Å². The minimum Gasteiger partial charge on any atom is -0.310 e. The van der Waals surface area contributed by atoms with Gasteiger partial charge in [0, 0.05) is 6.04 Å². The Morgan fingerprint density at radius 2 is 2.05 bits per heavy atom. The van der Waals surface area contributed by atoms with Crippen molar-refractivity contribution in [2.45, 2.75) is 59.9 Å². The van der Waals surface area contributed by atoms with Crippen LogP contribution < -0.4 is 5.32 Å². The van der Waals surface area contributed by atoms with E-state index in [4.69, 9.17) is 0 Å². The summed E-state index contributed by atoms with van der Waals surface area (Å²) >= 11 is 0. The van der Waals surface area contributed by atoms with E-state index >= 15 is 0 Å². The standard InChI is InChI=1S/C17H26FN/c1-6-19-14-10-17(4,5)8-7-13-9-11(2)16(18)12(3)15(13)14/h9,14,19H,6-8,10H2,1-5H3. The van der Waals surface area contributed by atoms with Crippen molar-refractivity contribution in [1.82, 2.24) is 5.32 Å². The molecule has 0 saturated carbocycles. The zero-order valence-corrected chi connectivity index (χ0v) is 12.9. The summed E-state index contributed by atoms with van der Waals surface area (Å²) in [5, 5.41) is 3.56. The second kappa shape index (κ2) is 5.24. The maximum absolute atomic E-state index is 14.2. The van der Waals surface area contributed by atoms with Crippen molar-refractivity contribution in [2.24, 2.45) is 5.41 Å². The van der Waals surface area contributed by atoms with Gasteiger partial charge in [0.2, 0.25) is 0 Å². The van der Waals surface area contributed by atoms with Gasteiger partial charge in [0.1, 0.15) is 5.82 Å². The van der Waals surface area contributed by atoms with Gasteiger partial charge in [-0.05, 0) is 67.3 Å². The van der Waals surface area contributed by atoms with Crippen LogP contribution in [-0.2, 0) is 6.42 Å². The largest absolute Gasteiger partial charge is 0.310 e. The van der Waals surface area contributed by atoms with Gasteiger partial charge in [0.05, 0.1) is 0 Å². The Bertz CT molecular complexity index is 477. The summed E-state index contributed by atoms with van der Waals surface area (Å²) in [6, 6.07) is 2.34. The lowest BCUT2D eigenvalue weighted by molar-refractivity contribution is 0.274. The Morgan fingerprint density at radius 1 is 1.37 bits per heavy atom. The molecule has 1 aliphatic carbocycles. The predicted octanol–water partition coefficient (Wildman–Crippen LogP) is 4.46. The summed E-state index contributed by atoms with van der Waals surface area (Å²) in [6.45, 7) is 11.5. The third kappa shape index (κ3) is 2.84. The molecule has 1 nitrogen and oxygen atoms in total. The van der Waals surface area contributed by atoms with Gasteiger partial charge >= 0.3 is 0 Å². The fraction of sp³-hybridized carbons (Fsp3) is 0.647. The van der Waals surface area contributed by atoms with Crippen LogP contribution >= 0.6 is 0 Å². The highest BCUT2D eigenvalue weighted by Gasteiger charge is 2.31. The third-order valence-electron chi connectivity index (χ3n) is 4.44. The fourth-order valence-electron chi connectivity index (χ4n) is 3.40. The van der Waals surface area contributed by atoms with Crippen molar-refractivity contribution < 1.29 is 4.39 Å².